The van der Waals surface area contributed by atoms with Crippen molar-refractivity contribution in [1.82, 2.24) is 4.98 Å². The molecule has 3 fully saturated rings. The highest BCUT2D eigenvalue weighted by atomic mass is 14.7. The highest BCUT2D eigenvalue weighted by molar-refractivity contribution is 6.16. The smallest absolute Gasteiger partial charge is 0.115 e. The highest BCUT2D eigenvalue weighted by Gasteiger charge is 2.35. The van der Waals surface area contributed by atoms with E-state index >= 15 is 0 Å². The molecular formula is C28H32BN. The Hall–Kier alpha value is -2.35. The molecule has 3 aliphatic carbocycles. The lowest BCUT2D eigenvalue weighted by atomic mass is 9.53. The van der Waals surface area contributed by atoms with Crippen molar-refractivity contribution in [3.8, 4) is 22.4 Å². The first-order valence-electron chi connectivity index (χ1n) is 11.8. The van der Waals surface area contributed by atoms with Gasteiger partial charge in [0, 0.05) is 11.8 Å². The molecule has 30 heavy (non-hydrogen) atoms. The number of hydrogen-bond donors (Lipinski definition) is 0. The van der Waals surface area contributed by atoms with Crippen molar-refractivity contribution in [3.05, 3.63) is 78.5 Å². The van der Waals surface area contributed by atoms with E-state index in [1.54, 1.807) is 5.56 Å². The molecule has 0 amide bonds. The second kappa shape index (κ2) is 8.42. The molecule has 0 saturated heterocycles. The van der Waals surface area contributed by atoms with Gasteiger partial charge in [-0.25, -0.2) is 0 Å². The summed E-state index contributed by atoms with van der Waals surface area (Å²) in [6.07, 6.45) is 13.4. The van der Waals surface area contributed by atoms with Crippen molar-refractivity contribution in [2.75, 3.05) is 0 Å². The van der Waals surface area contributed by atoms with Crippen molar-refractivity contribution in [3.63, 3.8) is 0 Å². The van der Waals surface area contributed by atoms with E-state index in [1.807, 2.05) is 6.20 Å². The molecular weight excluding hydrogens is 361 g/mol. The first kappa shape index (κ1) is 19.6. The van der Waals surface area contributed by atoms with Crippen LogP contribution in [0, 0.1) is 11.8 Å². The summed E-state index contributed by atoms with van der Waals surface area (Å²) in [6, 6.07) is 24.3. The summed E-state index contributed by atoms with van der Waals surface area (Å²) in [5.74, 6) is 1.84. The molecule has 0 N–H and O–H groups in total. The minimum absolute atomic E-state index is 0.335. The molecule has 0 unspecified atom stereocenters. The Morgan fingerprint density at radius 1 is 0.700 bits per heavy atom. The topological polar surface area (TPSA) is 12.9 Å². The molecule has 2 aromatic carbocycles. The van der Waals surface area contributed by atoms with E-state index < -0.39 is 0 Å². The third kappa shape index (κ3) is 4.10. The fourth-order valence-electron chi connectivity index (χ4n) is 6.12. The van der Waals surface area contributed by atoms with Crippen LogP contribution >= 0.6 is 0 Å². The van der Waals surface area contributed by atoms with Crippen molar-refractivity contribution < 1.29 is 0 Å². The number of rotatable bonds is 3. The third-order valence-electron chi connectivity index (χ3n) is 7.67. The van der Waals surface area contributed by atoms with Gasteiger partial charge in [0.2, 0.25) is 0 Å². The van der Waals surface area contributed by atoms with Gasteiger partial charge >= 0.3 is 0 Å². The largest absolute Gasteiger partial charge is 0.256 e. The van der Waals surface area contributed by atoms with Crippen molar-refractivity contribution in [2.24, 2.45) is 11.8 Å². The zero-order valence-corrected chi connectivity index (χ0v) is 18.2. The number of nitrogens with zero attached hydrogens (tertiary/aromatic N) is 1. The lowest BCUT2D eigenvalue weighted by Gasteiger charge is -2.42. The van der Waals surface area contributed by atoms with Crippen molar-refractivity contribution in [2.45, 2.75) is 56.7 Å². The molecule has 0 radical (unpaired) electrons. The van der Waals surface area contributed by atoms with Crippen LogP contribution in [0.4, 0.5) is 0 Å². The van der Waals surface area contributed by atoms with Gasteiger partial charge in [0.25, 0.3) is 0 Å². The van der Waals surface area contributed by atoms with Gasteiger partial charge in [0.05, 0.1) is 5.69 Å². The van der Waals surface area contributed by atoms with Crippen LogP contribution in [0.15, 0.2) is 72.9 Å². The quantitative estimate of drug-likeness (QED) is 0.456. The van der Waals surface area contributed by atoms with Gasteiger partial charge in [-0.15, -0.1) is 0 Å². The molecule has 1 heterocycles. The van der Waals surface area contributed by atoms with E-state index in [0.29, 0.717) is 5.31 Å². The second-order valence-electron chi connectivity index (χ2n) is 9.94. The molecule has 1 aromatic heterocycles. The average Bonchev–Trinajstić information content (AvgIpc) is 2.76. The number of benzene rings is 2. The molecule has 2 heteroatoms. The fourth-order valence-corrected chi connectivity index (χ4v) is 6.12. The normalized spacial score (nSPS) is 26.5. The maximum absolute atomic E-state index is 4.59. The summed E-state index contributed by atoms with van der Waals surface area (Å²) in [4.78, 5) is 4.59. The number of aromatic nitrogens is 1. The van der Waals surface area contributed by atoms with Crippen LogP contribution < -0.4 is 0 Å². The first-order chi connectivity index (χ1) is 14.7. The third-order valence-corrected chi connectivity index (χ3v) is 7.67. The monoisotopic (exact) mass is 393 g/mol. The summed E-state index contributed by atoms with van der Waals surface area (Å²) in [5, 5.41) is 0.335. The highest BCUT2D eigenvalue weighted by Crippen LogP contribution is 2.45. The van der Waals surface area contributed by atoms with Gasteiger partial charge in [-0.2, -0.15) is 0 Å². The second-order valence-corrected chi connectivity index (χ2v) is 9.94. The summed E-state index contributed by atoms with van der Waals surface area (Å²) in [7, 11) is 2.54. The van der Waals surface area contributed by atoms with Crippen LogP contribution in [0.2, 0.25) is 0 Å². The van der Waals surface area contributed by atoms with Crippen LogP contribution in [-0.2, 0) is 5.31 Å². The number of fused-ring (bicyclic) bond motifs is 6. The Morgan fingerprint density at radius 2 is 1.33 bits per heavy atom. The lowest BCUT2D eigenvalue weighted by molar-refractivity contribution is 0.207. The van der Waals surface area contributed by atoms with Crippen molar-refractivity contribution >= 4 is 7.85 Å². The van der Waals surface area contributed by atoms with E-state index in [4.69, 9.17) is 0 Å². The first-order valence-corrected chi connectivity index (χ1v) is 11.8. The van der Waals surface area contributed by atoms with Gasteiger partial charge in [-0.3, -0.25) is 4.98 Å². The molecule has 0 atom stereocenters. The predicted octanol–water partition coefficient (Wildman–Crippen LogP) is 6.62. The molecule has 2 bridgehead atoms. The molecule has 3 aliphatic rings. The van der Waals surface area contributed by atoms with E-state index in [0.717, 1.165) is 17.5 Å². The van der Waals surface area contributed by atoms with Gasteiger partial charge < -0.3 is 0 Å². The summed E-state index contributed by atoms with van der Waals surface area (Å²) in [6.45, 7) is 0. The molecule has 1 nitrogen and oxygen atoms in total. The number of pyridine rings is 1. The zero-order chi connectivity index (χ0) is 20.4. The van der Waals surface area contributed by atoms with Crippen LogP contribution in [0.5, 0.6) is 0 Å². The summed E-state index contributed by atoms with van der Waals surface area (Å²) >= 11 is 0. The molecule has 152 valence electrons. The Bertz CT molecular complexity index is 955. The standard InChI is InChI=1S/C28H32BN/c29-28(19-21-6-4-7-22(20-28)9-5-8-21)26-14-12-23(13-15-26)25-16-17-30-27(18-25)24-10-2-1-3-11-24/h1-3,10-18,21-22H,4-9,19-20,29H2. The van der Waals surface area contributed by atoms with Gasteiger partial charge in [-0.05, 0) is 58.8 Å². The SMILES string of the molecule is BC1(c2ccc(-c3ccnc(-c4ccccc4)c3)cc2)CC2CCCC(CCC2)C1. The lowest BCUT2D eigenvalue weighted by Crippen LogP contribution is -2.35. The maximum Gasteiger partial charge on any atom is 0.115 e. The maximum atomic E-state index is 4.59. The van der Waals surface area contributed by atoms with Crippen LogP contribution in [0.3, 0.4) is 0 Å². The van der Waals surface area contributed by atoms with Crippen LogP contribution in [0.25, 0.3) is 22.4 Å². The number of hydrogen-bond acceptors (Lipinski definition) is 1. The van der Waals surface area contributed by atoms with Crippen LogP contribution in [-0.4, -0.2) is 12.8 Å². The molecule has 6 rings (SSSR count). The Balaban J connectivity index is 1.42. The Labute approximate surface area is 182 Å². The van der Waals surface area contributed by atoms with E-state index in [-0.39, 0.29) is 0 Å². The van der Waals surface area contributed by atoms with E-state index in [9.17, 15) is 0 Å². The minimum Gasteiger partial charge on any atom is -0.256 e. The molecule has 0 spiro atoms. The Morgan fingerprint density at radius 3 is 1.97 bits per heavy atom. The van der Waals surface area contributed by atoms with Crippen molar-refractivity contribution in [1.29, 1.82) is 0 Å². The molecule has 3 saturated carbocycles. The predicted molar refractivity (Wildman–Crippen MR) is 129 cm³/mol. The Kier molecular flexibility index (Phi) is 5.50. The van der Waals surface area contributed by atoms with Gasteiger partial charge in [0.1, 0.15) is 7.85 Å². The molecule has 0 aliphatic heterocycles. The van der Waals surface area contributed by atoms with E-state index in [2.05, 4.69) is 79.6 Å². The van der Waals surface area contributed by atoms with Gasteiger partial charge in [0.15, 0.2) is 0 Å². The average molecular weight is 393 g/mol. The minimum atomic E-state index is 0.335. The van der Waals surface area contributed by atoms with E-state index in [1.165, 1.54) is 68.1 Å². The summed E-state index contributed by atoms with van der Waals surface area (Å²) in [5.41, 5.74) is 6.28. The fraction of sp³-hybridized carbons (Fsp3) is 0.393. The van der Waals surface area contributed by atoms with Crippen LogP contribution in [0.1, 0.15) is 56.9 Å². The summed E-state index contributed by atoms with van der Waals surface area (Å²) < 4.78 is 0. The molecule has 3 aromatic rings. The van der Waals surface area contributed by atoms with Gasteiger partial charge in [-0.1, -0.05) is 93.1 Å². The zero-order valence-electron chi connectivity index (χ0n) is 18.2.